The molecule has 0 unspecified atom stereocenters. The second-order valence-electron chi connectivity index (χ2n) is 8.71. The molecule has 3 heterocycles. The number of anilines is 1. The highest BCUT2D eigenvalue weighted by Gasteiger charge is 2.31. The number of rotatable bonds is 6. The predicted molar refractivity (Wildman–Crippen MR) is 120 cm³/mol. The highest BCUT2D eigenvalue weighted by Crippen LogP contribution is 2.34. The van der Waals surface area contributed by atoms with E-state index in [1.165, 1.54) is 13.4 Å². The van der Waals surface area contributed by atoms with Crippen LogP contribution in [-0.4, -0.2) is 43.9 Å². The summed E-state index contributed by atoms with van der Waals surface area (Å²) in [4.78, 5) is 25.4. The average Bonchev–Trinajstić information content (AvgIpc) is 3.52. The van der Waals surface area contributed by atoms with Crippen LogP contribution in [-0.2, 0) is 16.1 Å². The van der Waals surface area contributed by atoms with E-state index in [4.69, 9.17) is 20.3 Å². The number of nitrogens with zero attached hydrogens (tertiary/aromatic N) is 5. The number of esters is 1. The van der Waals surface area contributed by atoms with Crippen molar-refractivity contribution in [2.45, 2.75) is 39.3 Å². The number of ether oxygens (including phenoxy) is 2. The topological polar surface area (TPSA) is 118 Å². The van der Waals surface area contributed by atoms with Gasteiger partial charge in [0, 0.05) is 17.0 Å². The predicted octanol–water partition coefficient (Wildman–Crippen LogP) is 3.36. The summed E-state index contributed by atoms with van der Waals surface area (Å²) in [5.74, 6) is 0.648. The number of carbonyl (C=O) groups excluding carboxylic acids is 1. The number of benzene rings is 1. The normalized spacial score (nSPS) is 14.1. The van der Waals surface area contributed by atoms with E-state index < -0.39 is 5.41 Å². The largest absolute Gasteiger partial charge is 0.474 e. The molecule has 0 radical (unpaired) electrons. The molecule has 5 rings (SSSR count). The highest BCUT2D eigenvalue weighted by atomic mass is 16.5. The zero-order valence-corrected chi connectivity index (χ0v) is 18.2. The number of pyridine rings is 1. The smallest absolute Gasteiger partial charge is 0.313 e. The van der Waals surface area contributed by atoms with Crippen molar-refractivity contribution in [1.29, 1.82) is 0 Å². The minimum absolute atomic E-state index is 0.281. The van der Waals surface area contributed by atoms with Crippen molar-refractivity contribution in [3.8, 4) is 17.1 Å². The molecular weight excluding hydrogens is 408 g/mol. The van der Waals surface area contributed by atoms with Crippen LogP contribution in [0.4, 0.5) is 5.82 Å². The second-order valence-corrected chi connectivity index (χ2v) is 8.71. The number of methoxy groups -OCH3 is 1. The summed E-state index contributed by atoms with van der Waals surface area (Å²) in [6.07, 6.45) is 3.87. The van der Waals surface area contributed by atoms with E-state index >= 15 is 0 Å². The molecule has 3 aromatic heterocycles. The van der Waals surface area contributed by atoms with E-state index in [1.54, 1.807) is 18.5 Å². The number of aromatic nitrogens is 5. The Bertz CT molecular complexity index is 1340. The molecule has 2 N–H and O–H groups in total. The number of nitrogens with two attached hydrogens (primary N) is 1. The first-order chi connectivity index (χ1) is 15.4. The first-order valence-corrected chi connectivity index (χ1v) is 10.5. The van der Waals surface area contributed by atoms with E-state index in [0.29, 0.717) is 34.5 Å². The lowest BCUT2D eigenvalue weighted by atomic mass is 9.94. The third-order valence-electron chi connectivity index (χ3n) is 5.59. The second kappa shape index (κ2) is 7.44. The summed E-state index contributed by atoms with van der Waals surface area (Å²) >= 11 is 0. The van der Waals surface area contributed by atoms with Crippen LogP contribution in [0.5, 0.6) is 5.88 Å². The van der Waals surface area contributed by atoms with E-state index in [9.17, 15) is 4.79 Å². The minimum Gasteiger partial charge on any atom is -0.474 e. The van der Waals surface area contributed by atoms with Crippen molar-refractivity contribution in [2.75, 3.05) is 12.8 Å². The number of hydrogen-bond donors (Lipinski definition) is 1. The van der Waals surface area contributed by atoms with Gasteiger partial charge in [-0.2, -0.15) is 5.10 Å². The molecule has 9 nitrogen and oxygen atoms in total. The number of carbonyl (C=O) groups is 1. The summed E-state index contributed by atoms with van der Waals surface area (Å²) < 4.78 is 12.4. The molecule has 0 amide bonds. The zero-order valence-electron chi connectivity index (χ0n) is 18.2. The maximum Gasteiger partial charge on any atom is 0.313 e. The van der Waals surface area contributed by atoms with Crippen molar-refractivity contribution in [3.05, 3.63) is 36.7 Å². The molecule has 164 valence electrons. The average molecular weight is 432 g/mol. The number of nitrogen functional groups attached to an aromatic ring is 1. The van der Waals surface area contributed by atoms with Crippen molar-refractivity contribution in [3.63, 3.8) is 0 Å². The maximum absolute atomic E-state index is 12.2. The Balaban J connectivity index is 1.58. The van der Waals surface area contributed by atoms with Crippen LogP contribution in [0, 0.1) is 5.41 Å². The van der Waals surface area contributed by atoms with E-state index in [0.717, 1.165) is 29.3 Å². The molecule has 0 atom stereocenters. The van der Waals surface area contributed by atoms with Crippen LogP contribution in [0.15, 0.2) is 36.7 Å². The fraction of sp³-hybridized carbons (Fsp3) is 0.348. The molecule has 1 saturated carbocycles. The van der Waals surface area contributed by atoms with Crippen LogP contribution < -0.4 is 10.5 Å². The van der Waals surface area contributed by atoms with Gasteiger partial charge < -0.3 is 15.2 Å². The van der Waals surface area contributed by atoms with Gasteiger partial charge in [0.1, 0.15) is 23.9 Å². The molecule has 0 saturated heterocycles. The Labute approximate surface area is 184 Å². The van der Waals surface area contributed by atoms with Crippen LogP contribution in [0.1, 0.15) is 26.7 Å². The lowest BCUT2D eigenvalue weighted by Gasteiger charge is -2.21. The molecule has 0 spiro atoms. The quantitative estimate of drug-likeness (QED) is 0.461. The summed E-state index contributed by atoms with van der Waals surface area (Å²) in [6.45, 7) is 3.89. The molecule has 0 aliphatic heterocycles. The molecule has 1 fully saturated rings. The highest BCUT2D eigenvalue weighted by molar-refractivity contribution is 6.00. The SMILES string of the molecule is COC(=O)C(C)(C)Cn1nc(-c2ccc3nc(OC4CC4)ccc3c2)c2c(N)ncnc21. The van der Waals surface area contributed by atoms with Gasteiger partial charge in [-0.05, 0) is 44.9 Å². The summed E-state index contributed by atoms with van der Waals surface area (Å²) in [5.41, 5.74) is 8.34. The van der Waals surface area contributed by atoms with Crippen molar-refractivity contribution < 1.29 is 14.3 Å². The van der Waals surface area contributed by atoms with Crippen molar-refractivity contribution in [1.82, 2.24) is 24.7 Å². The molecule has 1 aliphatic rings. The van der Waals surface area contributed by atoms with Crippen LogP contribution in [0.3, 0.4) is 0 Å². The molecular formula is C23H24N6O3. The van der Waals surface area contributed by atoms with Gasteiger partial charge in [0.05, 0.1) is 30.0 Å². The first kappa shape index (κ1) is 20.2. The third-order valence-corrected chi connectivity index (χ3v) is 5.59. The maximum atomic E-state index is 12.2. The Morgan fingerprint density at radius 1 is 1.22 bits per heavy atom. The summed E-state index contributed by atoms with van der Waals surface area (Å²) in [5, 5.41) is 6.38. The first-order valence-electron chi connectivity index (χ1n) is 10.5. The fourth-order valence-electron chi connectivity index (χ4n) is 3.73. The van der Waals surface area contributed by atoms with Gasteiger partial charge in [0.15, 0.2) is 5.65 Å². The van der Waals surface area contributed by atoms with Crippen LogP contribution >= 0.6 is 0 Å². The Morgan fingerprint density at radius 3 is 2.78 bits per heavy atom. The molecule has 4 aromatic rings. The third kappa shape index (κ3) is 3.59. The lowest BCUT2D eigenvalue weighted by molar-refractivity contribution is -0.151. The molecule has 0 bridgehead atoms. The van der Waals surface area contributed by atoms with Gasteiger partial charge in [-0.25, -0.2) is 19.6 Å². The minimum atomic E-state index is -0.796. The van der Waals surface area contributed by atoms with E-state index in [-0.39, 0.29) is 12.5 Å². The zero-order chi connectivity index (χ0) is 22.5. The van der Waals surface area contributed by atoms with Crippen LogP contribution in [0.2, 0.25) is 0 Å². The Morgan fingerprint density at radius 2 is 2.03 bits per heavy atom. The number of fused-ring (bicyclic) bond motifs is 2. The Hall–Kier alpha value is -3.75. The molecule has 1 aromatic carbocycles. The Kier molecular flexibility index (Phi) is 4.69. The summed E-state index contributed by atoms with van der Waals surface area (Å²) in [7, 11) is 1.38. The van der Waals surface area contributed by atoms with Gasteiger partial charge in [-0.1, -0.05) is 6.07 Å². The van der Waals surface area contributed by atoms with Crippen LogP contribution in [0.25, 0.3) is 33.2 Å². The van der Waals surface area contributed by atoms with E-state index in [2.05, 4.69) is 15.0 Å². The van der Waals surface area contributed by atoms with Gasteiger partial charge in [0.25, 0.3) is 0 Å². The number of hydrogen-bond acceptors (Lipinski definition) is 8. The lowest BCUT2D eigenvalue weighted by Crippen LogP contribution is -2.31. The molecule has 9 heteroatoms. The summed E-state index contributed by atoms with van der Waals surface area (Å²) in [6, 6.07) is 9.77. The fourth-order valence-corrected chi connectivity index (χ4v) is 3.73. The van der Waals surface area contributed by atoms with Gasteiger partial charge in [0.2, 0.25) is 5.88 Å². The van der Waals surface area contributed by atoms with Crippen molar-refractivity contribution in [2.24, 2.45) is 5.41 Å². The molecule has 1 aliphatic carbocycles. The van der Waals surface area contributed by atoms with Gasteiger partial charge in [-0.3, -0.25) is 4.79 Å². The monoisotopic (exact) mass is 432 g/mol. The standard InChI is InChI=1S/C23H24N6O3/c1-23(2,22(30)31-3)11-29-21-18(20(24)25-12-26-21)19(28-29)14-4-8-16-13(10-14)5-9-17(27-16)32-15-6-7-15/h4-5,8-10,12,15H,6-7,11H2,1-3H3,(H2,24,25,26). The molecule has 32 heavy (non-hydrogen) atoms. The van der Waals surface area contributed by atoms with Crippen molar-refractivity contribution >= 4 is 33.7 Å². The van der Waals surface area contributed by atoms with Gasteiger partial charge >= 0.3 is 5.97 Å². The van der Waals surface area contributed by atoms with Gasteiger partial charge in [-0.15, -0.1) is 0 Å². The van der Waals surface area contributed by atoms with E-state index in [1.807, 2.05) is 30.3 Å².